The molecule has 1 N–H and O–H groups in total. The van der Waals surface area contributed by atoms with Crippen molar-refractivity contribution in [3.8, 4) is 0 Å². The molecule has 1 aromatic rings. The van der Waals surface area contributed by atoms with Gasteiger partial charge in [0.05, 0.1) is 0 Å². The largest absolute Gasteiger partial charge is 0.338 e. The van der Waals surface area contributed by atoms with Crippen molar-refractivity contribution in [1.29, 1.82) is 0 Å². The zero-order valence-electron chi connectivity index (χ0n) is 12.7. The highest BCUT2D eigenvalue weighted by atomic mass is 16.2. The van der Waals surface area contributed by atoms with Crippen LogP contribution in [0.5, 0.6) is 0 Å². The Balaban J connectivity index is 2.05. The molecule has 1 aliphatic heterocycles. The molecule has 0 aliphatic carbocycles. The minimum Gasteiger partial charge on any atom is -0.338 e. The van der Waals surface area contributed by atoms with Crippen LogP contribution in [0.25, 0.3) is 0 Å². The third kappa shape index (κ3) is 3.60. The number of amides is 1. The average molecular weight is 274 g/mol. The molecule has 1 heterocycles. The number of rotatable bonds is 6. The van der Waals surface area contributed by atoms with Crippen LogP contribution in [0.3, 0.4) is 0 Å². The molecule has 20 heavy (non-hydrogen) atoms. The van der Waals surface area contributed by atoms with Crippen LogP contribution in [0.4, 0.5) is 0 Å². The molecular weight excluding hydrogens is 248 g/mol. The Morgan fingerprint density at radius 1 is 1.40 bits per heavy atom. The molecule has 0 aromatic heterocycles. The second-order valence-electron chi connectivity index (χ2n) is 5.71. The minimum atomic E-state index is 0.218. The van der Waals surface area contributed by atoms with Gasteiger partial charge in [0.1, 0.15) is 0 Å². The van der Waals surface area contributed by atoms with E-state index >= 15 is 0 Å². The van der Waals surface area contributed by atoms with E-state index in [0.29, 0.717) is 5.92 Å². The number of hydrogen-bond donors (Lipinski definition) is 1. The summed E-state index contributed by atoms with van der Waals surface area (Å²) in [5, 5.41) is 3.15. The summed E-state index contributed by atoms with van der Waals surface area (Å²) < 4.78 is 0. The van der Waals surface area contributed by atoms with Crippen LogP contribution in [0.1, 0.15) is 42.1 Å². The van der Waals surface area contributed by atoms with E-state index in [0.717, 1.165) is 43.6 Å². The van der Waals surface area contributed by atoms with Gasteiger partial charge in [-0.3, -0.25) is 4.79 Å². The predicted molar refractivity (Wildman–Crippen MR) is 83.0 cm³/mol. The normalized spacial score (nSPS) is 18.5. The van der Waals surface area contributed by atoms with Gasteiger partial charge in [-0.1, -0.05) is 31.5 Å². The monoisotopic (exact) mass is 274 g/mol. The van der Waals surface area contributed by atoms with Gasteiger partial charge < -0.3 is 10.2 Å². The van der Waals surface area contributed by atoms with Crippen molar-refractivity contribution >= 4 is 5.91 Å². The van der Waals surface area contributed by atoms with Crippen LogP contribution in [-0.2, 0) is 6.42 Å². The lowest BCUT2D eigenvalue weighted by Gasteiger charge is -2.18. The summed E-state index contributed by atoms with van der Waals surface area (Å²) >= 11 is 0. The van der Waals surface area contributed by atoms with Crippen LogP contribution in [0.2, 0.25) is 0 Å². The molecule has 3 nitrogen and oxygen atoms in total. The van der Waals surface area contributed by atoms with Crippen LogP contribution in [0.15, 0.2) is 24.3 Å². The number of benzene rings is 1. The maximum atomic E-state index is 12.7. The summed E-state index contributed by atoms with van der Waals surface area (Å²) in [7, 11) is 1.94. The zero-order valence-corrected chi connectivity index (χ0v) is 12.7. The van der Waals surface area contributed by atoms with Crippen molar-refractivity contribution in [3.63, 3.8) is 0 Å². The van der Waals surface area contributed by atoms with E-state index in [1.54, 1.807) is 0 Å². The Hall–Kier alpha value is -1.35. The molecule has 0 bridgehead atoms. The fourth-order valence-electron chi connectivity index (χ4n) is 3.04. The SMILES string of the molecule is CCCC1CCN(C(=O)c2ccccc2CCNC)C1. The van der Waals surface area contributed by atoms with Gasteiger partial charge in [-0.2, -0.15) is 0 Å². The second kappa shape index (κ2) is 7.44. The van der Waals surface area contributed by atoms with Gasteiger partial charge in [-0.15, -0.1) is 0 Å². The summed E-state index contributed by atoms with van der Waals surface area (Å²) in [5.41, 5.74) is 2.05. The molecule has 1 atom stereocenters. The maximum absolute atomic E-state index is 12.7. The van der Waals surface area contributed by atoms with Crippen LogP contribution in [0, 0.1) is 5.92 Å². The Labute approximate surface area is 122 Å². The summed E-state index contributed by atoms with van der Waals surface area (Å²) in [6.07, 6.45) is 4.53. The van der Waals surface area contributed by atoms with Gasteiger partial charge in [0.15, 0.2) is 0 Å². The first-order chi connectivity index (χ1) is 9.76. The summed E-state index contributed by atoms with van der Waals surface area (Å²) in [4.78, 5) is 14.7. The lowest BCUT2D eigenvalue weighted by molar-refractivity contribution is 0.0785. The number of carbonyl (C=O) groups excluding carboxylic acids is 1. The molecule has 2 rings (SSSR count). The number of carbonyl (C=O) groups is 1. The molecule has 1 saturated heterocycles. The van der Waals surface area contributed by atoms with Gasteiger partial charge >= 0.3 is 0 Å². The number of nitrogens with one attached hydrogen (secondary N) is 1. The molecule has 0 radical (unpaired) electrons. The van der Waals surface area contributed by atoms with E-state index in [2.05, 4.69) is 18.3 Å². The molecule has 1 aromatic carbocycles. The van der Waals surface area contributed by atoms with Crippen LogP contribution < -0.4 is 5.32 Å². The molecule has 1 unspecified atom stereocenters. The number of likely N-dealkylation sites (N-methyl/N-ethyl adjacent to an activating group) is 1. The van der Waals surface area contributed by atoms with Crippen molar-refractivity contribution in [2.24, 2.45) is 5.92 Å². The highest BCUT2D eigenvalue weighted by molar-refractivity contribution is 5.95. The molecule has 0 saturated carbocycles. The van der Waals surface area contributed by atoms with Crippen molar-refractivity contribution in [1.82, 2.24) is 10.2 Å². The lowest BCUT2D eigenvalue weighted by atomic mass is 10.0. The molecule has 1 amide bonds. The maximum Gasteiger partial charge on any atom is 0.254 e. The van der Waals surface area contributed by atoms with Crippen LogP contribution in [-0.4, -0.2) is 37.5 Å². The van der Waals surface area contributed by atoms with E-state index in [1.807, 2.05) is 30.1 Å². The first-order valence-corrected chi connectivity index (χ1v) is 7.78. The smallest absolute Gasteiger partial charge is 0.254 e. The molecule has 1 aliphatic rings. The highest BCUT2D eigenvalue weighted by Gasteiger charge is 2.27. The highest BCUT2D eigenvalue weighted by Crippen LogP contribution is 2.23. The van der Waals surface area contributed by atoms with Crippen molar-refractivity contribution < 1.29 is 4.79 Å². The molecule has 0 spiro atoms. The Morgan fingerprint density at radius 3 is 2.95 bits per heavy atom. The third-order valence-electron chi connectivity index (χ3n) is 4.16. The second-order valence-corrected chi connectivity index (χ2v) is 5.71. The summed E-state index contributed by atoms with van der Waals surface area (Å²) in [6, 6.07) is 8.03. The topological polar surface area (TPSA) is 32.3 Å². The minimum absolute atomic E-state index is 0.218. The van der Waals surface area contributed by atoms with E-state index < -0.39 is 0 Å². The third-order valence-corrected chi connectivity index (χ3v) is 4.16. The van der Waals surface area contributed by atoms with Gasteiger partial charge in [0.25, 0.3) is 5.91 Å². The molecule has 110 valence electrons. The quantitative estimate of drug-likeness (QED) is 0.865. The Morgan fingerprint density at radius 2 is 2.20 bits per heavy atom. The Bertz CT molecular complexity index is 444. The molecular formula is C17H26N2O. The van der Waals surface area contributed by atoms with Crippen molar-refractivity contribution in [3.05, 3.63) is 35.4 Å². The number of likely N-dealkylation sites (tertiary alicyclic amines) is 1. The van der Waals surface area contributed by atoms with E-state index in [9.17, 15) is 4.79 Å². The predicted octanol–water partition coefficient (Wildman–Crippen LogP) is 2.71. The number of nitrogens with zero attached hydrogens (tertiary/aromatic N) is 1. The van der Waals surface area contributed by atoms with E-state index in [-0.39, 0.29) is 5.91 Å². The fraction of sp³-hybridized carbons (Fsp3) is 0.588. The van der Waals surface area contributed by atoms with Gasteiger partial charge in [0, 0.05) is 18.7 Å². The first-order valence-electron chi connectivity index (χ1n) is 7.78. The van der Waals surface area contributed by atoms with E-state index in [4.69, 9.17) is 0 Å². The van der Waals surface area contributed by atoms with Gasteiger partial charge in [0.2, 0.25) is 0 Å². The average Bonchev–Trinajstić information content (AvgIpc) is 2.94. The fourth-order valence-corrected chi connectivity index (χ4v) is 3.04. The lowest BCUT2D eigenvalue weighted by Crippen LogP contribution is -2.29. The summed E-state index contributed by atoms with van der Waals surface area (Å²) in [5.74, 6) is 0.920. The zero-order chi connectivity index (χ0) is 14.4. The van der Waals surface area contributed by atoms with Crippen LogP contribution >= 0.6 is 0 Å². The van der Waals surface area contributed by atoms with Gasteiger partial charge in [-0.25, -0.2) is 0 Å². The summed E-state index contributed by atoms with van der Waals surface area (Å²) in [6.45, 7) is 4.98. The van der Waals surface area contributed by atoms with Crippen molar-refractivity contribution in [2.75, 3.05) is 26.7 Å². The van der Waals surface area contributed by atoms with Gasteiger partial charge in [-0.05, 0) is 50.4 Å². The Kier molecular flexibility index (Phi) is 5.60. The van der Waals surface area contributed by atoms with E-state index in [1.165, 1.54) is 12.8 Å². The van der Waals surface area contributed by atoms with Crippen molar-refractivity contribution in [2.45, 2.75) is 32.6 Å². The number of hydrogen-bond acceptors (Lipinski definition) is 2. The standard InChI is InChI=1S/C17H26N2O/c1-3-6-14-10-12-19(13-14)17(20)16-8-5-4-7-15(16)9-11-18-2/h4-5,7-8,14,18H,3,6,9-13H2,1-2H3. The molecule has 1 fully saturated rings. The molecule has 3 heteroatoms. The first kappa shape index (κ1) is 15.0.